The number of carbonyl (C=O) groups excluding carboxylic acids is 1. The van der Waals surface area contributed by atoms with Crippen molar-refractivity contribution in [2.45, 2.75) is 13.0 Å². The van der Waals surface area contributed by atoms with Gasteiger partial charge in [0.15, 0.2) is 6.10 Å². The summed E-state index contributed by atoms with van der Waals surface area (Å²) in [5.41, 5.74) is 3.87. The lowest BCUT2D eigenvalue weighted by Crippen LogP contribution is -2.33. The number of nitrogens with one attached hydrogen (secondary N) is 1. The first-order valence-electron chi connectivity index (χ1n) is 7.84. The van der Waals surface area contributed by atoms with E-state index in [1.165, 1.54) is 6.21 Å². The van der Waals surface area contributed by atoms with Crippen molar-refractivity contribution in [3.05, 3.63) is 69.8 Å². The summed E-state index contributed by atoms with van der Waals surface area (Å²) >= 11 is 9.54. The first-order valence-corrected chi connectivity index (χ1v) is 9.01. The van der Waals surface area contributed by atoms with E-state index in [2.05, 4.69) is 31.4 Å². The second kappa shape index (κ2) is 8.29. The van der Waals surface area contributed by atoms with Gasteiger partial charge in [0.2, 0.25) is 0 Å². The van der Waals surface area contributed by atoms with Crippen molar-refractivity contribution in [3.8, 4) is 5.75 Å². The number of fused-ring (bicyclic) bond motifs is 1. The maximum atomic E-state index is 12.1. The fourth-order valence-electron chi connectivity index (χ4n) is 2.24. The van der Waals surface area contributed by atoms with Gasteiger partial charge < -0.3 is 4.74 Å². The molecule has 2 aromatic carbocycles. The van der Waals surface area contributed by atoms with Crippen molar-refractivity contribution in [1.82, 2.24) is 10.4 Å². The Morgan fingerprint density at radius 1 is 1.27 bits per heavy atom. The molecule has 0 aliphatic carbocycles. The summed E-state index contributed by atoms with van der Waals surface area (Å²) < 4.78 is 6.39. The number of halogens is 2. The lowest BCUT2D eigenvalue weighted by molar-refractivity contribution is -0.127. The van der Waals surface area contributed by atoms with Gasteiger partial charge >= 0.3 is 0 Å². The minimum atomic E-state index is -0.712. The number of pyridine rings is 1. The molecule has 0 aliphatic rings. The molecule has 0 aliphatic heterocycles. The third kappa shape index (κ3) is 4.39. The topological polar surface area (TPSA) is 63.6 Å². The van der Waals surface area contributed by atoms with Crippen LogP contribution in [0, 0.1) is 0 Å². The van der Waals surface area contributed by atoms with Gasteiger partial charge in [0, 0.05) is 10.9 Å². The molecule has 132 valence electrons. The van der Waals surface area contributed by atoms with Gasteiger partial charge in [-0.25, -0.2) is 10.4 Å². The Morgan fingerprint density at radius 2 is 2.00 bits per heavy atom. The zero-order valence-corrected chi connectivity index (χ0v) is 16.2. The Hall–Kier alpha value is -2.44. The van der Waals surface area contributed by atoms with Gasteiger partial charge in [0.25, 0.3) is 5.91 Å². The molecule has 1 atom stereocenters. The number of ether oxygens (including phenoxy) is 1. The van der Waals surface area contributed by atoms with E-state index in [9.17, 15) is 4.79 Å². The van der Waals surface area contributed by atoms with Crippen molar-refractivity contribution in [3.63, 3.8) is 0 Å². The third-order valence-corrected chi connectivity index (χ3v) is 4.55. The molecule has 3 aromatic rings. The number of benzene rings is 2. The van der Waals surface area contributed by atoms with Crippen LogP contribution in [0.2, 0.25) is 5.15 Å². The summed E-state index contributed by atoms with van der Waals surface area (Å²) in [6.07, 6.45) is 0.751. The maximum absolute atomic E-state index is 12.1. The highest BCUT2D eigenvalue weighted by atomic mass is 79.9. The van der Waals surface area contributed by atoms with Crippen LogP contribution in [0.3, 0.4) is 0 Å². The highest BCUT2D eigenvalue weighted by molar-refractivity contribution is 9.10. The predicted molar refractivity (Wildman–Crippen MR) is 107 cm³/mol. The number of para-hydroxylation sites is 2. The fourth-order valence-corrected chi connectivity index (χ4v) is 2.81. The molecule has 0 bridgehead atoms. The van der Waals surface area contributed by atoms with Crippen LogP contribution in [0.4, 0.5) is 0 Å². The Balaban J connectivity index is 1.65. The standard InChI is InChI=1S/C19H15BrClN3O2/c1-12(26-17-9-5-3-7-15(17)20)19(25)24-22-11-14-10-13-6-2-4-8-16(13)23-18(14)21/h2-12H,1H3,(H,24,25). The molecule has 0 saturated carbocycles. The minimum absolute atomic E-state index is 0.319. The summed E-state index contributed by atoms with van der Waals surface area (Å²) in [5.74, 6) is 0.211. The summed E-state index contributed by atoms with van der Waals surface area (Å²) in [6.45, 7) is 1.65. The molecule has 1 aromatic heterocycles. The molecule has 1 N–H and O–H groups in total. The molecule has 1 unspecified atom stereocenters. The average molecular weight is 433 g/mol. The van der Waals surface area contributed by atoms with Gasteiger partial charge in [-0.15, -0.1) is 0 Å². The Labute approximate surface area is 164 Å². The fraction of sp³-hybridized carbons (Fsp3) is 0.105. The van der Waals surface area contributed by atoms with E-state index < -0.39 is 6.10 Å². The number of hydrazone groups is 1. The average Bonchev–Trinajstić information content (AvgIpc) is 2.63. The maximum Gasteiger partial charge on any atom is 0.280 e. The van der Waals surface area contributed by atoms with E-state index in [-0.39, 0.29) is 5.91 Å². The summed E-state index contributed by atoms with van der Waals surface area (Å²) in [5, 5.41) is 5.21. The largest absolute Gasteiger partial charge is 0.480 e. The van der Waals surface area contributed by atoms with E-state index in [1.54, 1.807) is 13.0 Å². The highest BCUT2D eigenvalue weighted by Crippen LogP contribution is 2.24. The molecule has 26 heavy (non-hydrogen) atoms. The SMILES string of the molecule is CC(Oc1ccccc1Br)C(=O)NN=Cc1cc2ccccc2nc1Cl. The number of carbonyl (C=O) groups is 1. The lowest BCUT2D eigenvalue weighted by Gasteiger charge is -2.13. The molecule has 0 radical (unpaired) electrons. The molecule has 1 amide bonds. The molecule has 7 heteroatoms. The Morgan fingerprint density at radius 3 is 2.81 bits per heavy atom. The molecule has 5 nitrogen and oxygen atoms in total. The van der Waals surface area contributed by atoms with Crippen molar-refractivity contribution >= 4 is 50.6 Å². The van der Waals surface area contributed by atoms with Crippen LogP contribution >= 0.6 is 27.5 Å². The second-order valence-electron chi connectivity index (χ2n) is 5.49. The van der Waals surface area contributed by atoms with Crippen molar-refractivity contribution in [1.29, 1.82) is 0 Å². The molecule has 0 fully saturated rings. The lowest BCUT2D eigenvalue weighted by atomic mass is 10.2. The minimum Gasteiger partial charge on any atom is -0.480 e. The first-order chi connectivity index (χ1) is 12.5. The number of hydrogen-bond acceptors (Lipinski definition) is 4. The van der Waals surface area contributed by atoms with E-state index >= 15 is 0 Å². The zero-order valence-electron chi connectivity index (χ0n) is 13.8. The van der Waals surface area contributed by atoms with Gasteiger partial charge in [0.1, 0.15) is 10.9 Å². The quantitative estimate of drug-likeness (QED) is 0.365. The third-order valence-electron chi connectivity index (χ3n) is 3.59. The second-order valence-corrected chi connectivity index (χ2v) is 6.70. The van der Waals surface area contributed by atoms with E-state index in [0.717, 1.165) is 15.4 Å². The van der Waals surface area contributed by atoms with E-state index in [4.69, 9.17) is 16.3 Å². The highest BCUT2D eigenvalue weighted by Gasteiger charge is 2.15. The first kappa shape index (κ1) is 18.4. The van der Waals surface area contributed by atoms with Crippen molar-refractivity contribution in [2.75, 3.05) is 0 Å². The number of amides is 1. The summed E-state index contributed by atoms with van der Waals surface area (Å²) in [6, 6.07) is 16.8. The zero-order chi connectivity index (χ0) is 18.5. The number of aromatic nitrogens is 1. The Bertz CT molecular complexity index is 978. The molecule has 0 saturated heterocycles. The van der Waals surface area contributed by atoms with Crippen LogP contribution in [-0.2, 0) is 4.79 Å². The van der Waals surface area contributed by atoms with Crippen LogP contribution < -0.4 is 10.2 Å². The van der Waals surface area contributed by atoms with Crippen LogP contribution in [0.15, 0.2) is 64.2 Å². The monoisotopic (exact) mass is 431 g/mol. The van der Waals surface area contributed by atoms with Gasteiger partial charge in [-0.3, -0.25) is 4.79 Å². The van der Waals surface area contributed by atoms with E-state index in [1.807, 2.05) is 48.5 Å². The van der Waals surface area contributed by atoms with Crippen LogP contribution in [-0.4, -0.2) is 23.2 Å². The van der Waals surface area contributed by atoms with Gasteiger partial charge in [-0.2, -0.15) is 5.10 Å². The number of rotatable bonds is 5. The number of nitrogens with zero attached hydrogens (tertiary/aromatic N) is 2. The smallest absolute Gasteiger partial charge is 0.280 e. The van der Waals surface area contributed by atoms with E-state index in [0.29, 0.717) is 16.5 Å². The van der Waals surface area contributed by atoms with Gasteiger partial charge in [-0.1, -0.05) is 41.9 Å². The molecular weight excluding hydrogens is 418 g/mol. The van der Waals surface area contributed by atoms with Crippen molar-refractivity contribution < 1.29 is 9.53 Å². The predicted octanol–water partition coefficient (Wildman–Crippen LogP) is 4.57. The Kier molecular flexibility index (Phi) is 5.85. The van der Waals surface area contributed by atoms with Crippen molar-refractivity contribution in [2.24, 2.45) is 5.10 Å². The normalized spacial score (nSPS) is 12.3. The molecule has 1 heterocycles. The summed E-state index contributed by atoms with van der Waals surface area (Å²) in [7, 11) is 0. The van der Waals surface area contributed by atoms with Crippen LogP contribution in [0.1, 0.15) is 12.5 Å². The molecule has 3 rings (SSSR count). The van der Waals surface area contributed by atoms with Crippen LogP contribution in [0.25, 0.3) is 10.9 Å². The molecule has 0 spiro atoms. The summed E-state index contributed by atoms with van der Waals surface area (Å²) in [4.78, 5) is 16.4. The van der Waals surface area contributed by atoms with Gasteiger partial charge in [-0.05, 0) is 47.1 Å². The molecular formula is C19H15BrClN3O2. The number of hydrogen-bond donors (Lipinski definition) is 1. The van der Waals surface area contributed by atoms with Gasteiger partial charge in [0.05, 0.1) is 16.2 Å². The van der Waals surface area contributed by atoms with Crippen LogP contribution in [0.5, 0.6) is 5.75 Å².